The van der Waals surface area contributed by atoms with Gasteiger partial charge in [-0.1, -0.05) is 34.8 Å². The van der Waals surface area contributed by atoms with Gasteiger partial charge in [-0.05, 0) is 18.2 Å². The first-order valence-corrected chi connectivity index (χ1v) is 9.74. The summed E-state index contributed by atoms with van der Waals surface area (Å²) >= 11 is 18.6. The number of halogens is 3. The minimum Gasteiger partial charge on any atom is -0.497 e. The number of hydrogen-bond donors (Lipinski definition) is 0. The van der Waals surface area contributed by atoms with Crippen LogP contribution >= 0.6 is 34.8 Å². The number of hydrogen-bond acceptors (Lipinski definition) is 6. The molecule has 0 bridgehead atoms. The number of benzene rings is 1. The highest BCUT2D eigenvalue weighted by Gasteiger charge is 2.24. The molecule has 1 aliphatic heterocycles. The molecule has 1 aliphatic rings. The fourth-order valence-electron chi connectivity index (χ4n) is 3.17. The Morgan fingerprint density at radius 2 is 1.79 bits per heavy atom. The summed E-state index contributed by atoms with van der Waals surface area (Å²) < 4.78 is 10.8. The summed E-state index contributed by atoms with van der Waals surface area (Å²) in [5.41, 5.74) is 1.16. The molecule has 0 saturated carbocycles. The van der Waals surface area contributed by atoms with Gasteiger partial charge in [-0.15, -0.1) is 0 Å². The highest BCUT2D eigenvalue weighted by Crippen LogP contribution is 2.37. The van der Waals surface area contributed by atoms with E-state index in [0.717, 1.165) is 36.7 Å². The van der Waals surface area contributed by atoms with Gasteiger partial charge in [0.1, 0.15) is 28.2 Å². The molecule has 2 aromatic rings. The van der Waals surface area contributed by atoms with E-state index in [1.165, 1.54) is 0 Å². The van der Waals surface area contributed by atoms with Crippen molar-refractivity contribution in [2.45, 2.75) is 6.54 Å². The molecule has 0 N–H and O–H groups in total. The second kappa shape index (κ2) is 9.06. The molecule has 1 saturated heterocycles. The Morgan fingerprint density at radius 3 is 2.39 bits per heavy atom. The van der Waals surface area contributed by atoms with Crippen LogP contribution < -0.4 is 14.4 Å². The van der Waals surface area contributed by atoms with E-state index in [1.807, 2.05) is 29.2 Å². The van der Waals surface area contributed by atoms with E-state index >= 15 is 0 Å². The minimum absolute atomic E-state index is 0.0652. The summed E-state index contributed by atoms with van der Waals surface area (Å²) in [4.78, 5) is 8.63. The third-order valence-corrected chi connectivity index (χ3v) is 5.79. The average Bonchev–Trinajstić information content (AvgIpc) is 2.71. The standard InChI is InChI=1S/C19H19Cl3N4O2/c1-27-13-3-4-15(28-2)12(9-13)11-25-5-7-26(8-6-25)19-17(21)16(20)14(10-23)18(22)24-19/h3-4,9H,5-8,11H2,1-2H3. The molecular weight excluding hydrogens is 423 g/mol. The largest absolute Gasteiger partial charge is 0.497 e. The van der Waals surface area contributed by atoms with Crippen molar-refractivity contribution in [2.24, 2.45) is 0 Å². The normalized spacial score (nSPS) is 14.6. The molecule has 0 radical (unpaired) electrons. The molecule has 1 fully saturated rings. The third-order valence-electron chi connectivity index (χ3n) is 4.68. The fourth-order valence-corrected chi connectivity index (χ4v) is 3.90. The fraction of sp³-hybridized carbons (Fsp3) is 0.368. The van der Waals surface area contributed by atoms with E-state index in [9.17, 15) is 0 Å². The lowest BCUT2D eigenvalue weighted by molar-refractivity contribution is 0.245. The Morgan fingerprint density at radius 1 is 1.07 bits per heavy atom. The number of nitriles is 1. The van der Waals surface area contributed by atoms with Crippen LogP contribution in [-0.4, -0.2) is 50.3 Å². The number of aromatic nitrogens is 1. The van der Waals surface area contributed by atoms with Crippen molar-refractivity contribution in [2.75, 3.05) is 45.3 Å². The van der Waals surface area contributed by atoms with E-state index in [4.69, 9.17) is 49.5 Å². The van der Waals surface area contributed by atoms with E-state index in [-0.39, 0.29) is 20.8 Å². The zero-order chi connectivity index (χ0) is 20.3. The van der Waals surface area contributed by atoms with Gasteiger partial charge in [-0.25, -0.2) is 4.98 Å². The van der Waals surface area contributed by atoms with Crippen LogP contribution in [0.25, 0.3) is 0 Å². The van der Waals surface area contributed by atoms with Gasteiger partial charge in [0.15, 0.2) is 11.0 Å². The lowest BCUT2D eigenvalue weighted by Gasteiger charge is -2.36. The van der Waals surface area contributed by atoms with Crippen LogP contribution in [0.4, 0.5) is 5.82 Å². The number of methoxy groups -OCH3 is 2. The molecule has 0 amide bonds. The van der Waals surface area contributed by atoms with E-state index in [0.29, 0.717) is 18.9 Å². The molecule has 0 atom stereocenters. The molecule has 1 aromatic heterocycles. The maximum Gasteiger partial charge on any atom is 0.150 e. The smallest absolute Gasteiger partial charge is 0.150 e. The summed E-state index contributed by atoms with van der Waals surface area (Å²) in [5.74, 6) is 2.14. The number of pyridine rings is 1. The Bertz CT molecular complexity index is 909. The third kappa shape index (κ3) is 4.23. The number of ether oxygens (including phenoxy) is 2. The first-order valence-electron chi connectivity index (χ1n) is 8.61. The van der Waals surface area contributed by atoms with Gasteiger partial charge in [0.25, 0.3) is 0 Å². The lowest BCUT2D eigenvalue weighted by Crippen LogP contribution is -2.46. The van der Waals surface area contributed by atoms with E-state index in [1.54, 1.807) is 14.2 Å². The van der Waals surface area contributed by atoms with Gasteiger partial charge in [0.2, 0.25) is 0 Å². The number of nitrogens with zero attached hydrogens (tertiary/aromatic N) is 4. The topological polar surface area (TPSA) is 61.6 Å². The summed E-state index contributed by atoms with van der Waals surface area (Å²) in [7, 11) is 3.31. The van der Waals surface area contributed by atoms with E-state index < -0.39 is 0 Å². The van der Waals surface area contributed by atoms with Crippen molar-refractivity contribution in [1.82, 2.24) is 9.88 Å². The molecule has 0 unspecified atom stereocenters. The molecular formula is C19H19Cl3N4O2. The van der Waals surface area contributed by atoms with Crippen molar-refractivity contribution in [3.8, 4) is 17.6 Å². The molecule has 28 heavy (non-hydrogen) atoms. The van der Waals surface area contributed by atoms with Gasteiger partial charge in [0.05, 0.1) is 19.2 Å². The molecule has 3 rings (SSSR count). The highest BCUT2D eigenvalue weighted by molar-refractivity contribution is 6.45. The second-order valence-electron chi connectivity index (χ2n) is 6.28. The number of piperazine rings is 1. The highest BCUT2D eigenvalue weighted by atomic mass is 35.5. The summed E-state index contributed by atoms with van der Waals surface area (Å²) in [6.07, 6.45) is 0. The van der Waals surface area contributed by atoms with Crippen LogP contribution in [0, 0.1) is 11.3 Å². The predicted octanol–water partition coefficient (Wildman–Crippen LogP) is 4.25. The summed E-state index contributed by atoms with van der Waals surface area (Å²) in [6, 6.07) is 7.71. The SMILES string of the molecule is COc1ccc(OC)c(CN2CCN(c3nc(Cl)c(C#N)c(Cl)c3Cl)CC2)c1. The van der Waals surface area contributed by atoms with Crippen LogP contribution in [0.3, 0.4) is 0 Å². The zero-order valence-corrected chi connectivity index (χ0v) is 17.8. The van der Waals surface area contributed by atoms with Crippen LogP contribution in [0.1, 0.15) is 11.1 Å². The molecule has 0 aliphatic carbocycles. The first kappa shape index (κ1) is 20.8. The predicted molar refractivity (Wildman–Crippen MR) is 111 cm³/mol. The maximum absolute atomic E-state index is 9.12. The molecule has 148 valence electrons. The first-order chi connectivity index (χ1) is 13.5. The van der Waals surface area contributed by atoms with Crippen molar-refractivity contribution in [3.63, 3.8) is 0 Å². The van der Waals surface area contributed by atoms with Crippen molar-refractivity contribution in [1.29, 1.82) is 5.26 Å². The van der Waals surface area contributed by atoms with Crippen LogP contribution in [0.2, 0.25) is 15.2 Å². The van der Waals surface area contributed by atoms with Crippen LogP contribution in [0.15, 0.2) is 18.2 Å². The molecule has 0 spiro atoms. The summed E-state index contributed by atoms with van der Waals surface area (Å²) in [6.45, 7) is 3.75. The van der Waals surface area contributed by atoms with Gasteiger partial charge in [-0.3, -0.25) is 4.90 Å². The quantitative estimate of drug-likeness (QED) is 0.646. The van der Waals surface area contributed by atoms with Crippen molar-refractivity contribution in [3.05, 3.63) is 44.5 Å². The van der Waals surface area contributed by atoms with E-state index in [2.05, 4.69) is 9.88 Å². The minimum atomic E-state index is 0.0652. The summed E-state index contributed by atoms with van der Waals surface area (Å²) in [5, 5.41) is 9.58. The lowest BCUT2D eigenvalue weighted by atomic mass is 10.1. The van der Waals surface area contributed by atoms with Crippen LogP contribution in [-0.2, 0) is 6.54 Å². The Hall–Kier alpha value is -1.91. The monoisotopic (exact) mass is 440 g/mol. The number of rotatable bonds is 5. The molecule has 2 heterocycles. The molecule has 6 nitrogen and oxygen atoms in total. The van der Waals surface area contributed by atoms with Crippen LogP contribution in [0.5, 0.6) is 11.5 Å². The Labute approximate surface area is 179 Å². The van der Waals surface area contributed by atoms with Gasteiger partial charge in [0, 0.05) is 38.3 Å². The second-order valence-corrected chi connectivity index (χ2v) is 7.40. The van der Waals surface area contributed by atoms with Gasteiger partial charge < -0.3 is 14.4 Å². The van der Waals surface area contributed by atoms with Crippen molar-refractivity contribution < 1.29 is 9.47 Å². The molecule has 1 aromatic carbocycles. The Kier molecular flexibility index (Phi) is 6.73. The Balaban J connectivity index is 1.72. The number of anilines is 1. The van der Waals surface area contributed by atoms with Gasteiger partial charge >= 0.3 is 0 Å². The average molecular weight is 442 g/mol. The maximum atomic E-state index is 9.12. The molecule has 9 heteroatoms. The van der Waals surface area contributed by atoms with Crippen molar-refractivity contribution >= 4 is 40.6 Å². The zero-order valence-electron chi connectivity index (χ0n) is 15.5. The van der Waals surface area contributed by atoms with Gasteiger partial charge in [-0.2, -0.15) is 5.26 Å².